The lowest BCUT2D eigenvalue weighted by Gasteiger charge is -2.09. The Hall–Kier alpha value is -4.25. The van der Waals surface area contributed by atoms with Gasteiger partial charge in [-0.3, -0.25) is 8.63 Å². The molecule has 0 saturated heterocycles. The fraction of sp³-hybridized carbons (Fsp3) is 0. The molecule has 34 heavy (non-hydrogen) atoms. The third-order valence-corrected chi connectivity index (χ3v) is 6.21. The molecule has 5 aromatic rings. The van der Waals surface area contributed by atoms with E-state index in [1.54, 1.807) is 6.08 Å². The van der Waals surface area contributed by atoms with E-state index in [2.05, 4.69) is 0 Å². The molecule has 0 amide bonds. The van der Waals surface area contributed by atoms with Crippen LogP contribution in [-0.2, 0) is 0 Å². The van der Waals surface area contributed by atoms with Crippen LogP contribution in [0.3, 0.4) is 0 Å². The fourth-order valence-corrected chi connectivity index (χ4v) is 4.74. The summed E-state index contributed by atoms with van der Waals surface area (Å²) in [6.45, 7) is 0. The van der Waals surface area contributed by atoms with E-state index in [0.29, 0.717) is 17.1 Å². The van der Waals surface area contributed by atoms with E-state index in [1.165, 1.54) is 0 Å². The van der Waals surface area contributed by atoms with Crippen molar-refractivity contribution in [2.75, 3.05) is 0 Å². The van der Waals surface area contributed by atoms with Crippen molar-refractivity contribution in [2.45, 2.75) is 0 Å². The van der Waals surface area contributed by atoms with E-state index in [1.807, 2.05) is 109 Å². The molecule has 0 unspecified atom stereocenters. The Labute approximate surface area is 196 Å². The maximum atomic E-state index is 14.6. The Morgan fingerprint density at radius 3 is 1.85 bits per heavy atom. The molecule has 162 valence electrons. The minimum absolute atomic E-state index is 0.451. The van der Waals surface area contributed by atoms with Crippen molar-refractivity contribution >= 4 is 35.7 Å². The van der Waals surface area contributed by atoms with Crippen LogP contribution < -0.4 is 0 Å². The number of hydrogen-bond donors (Lipinski definition) is 0. The van der Waals surface area contributed by atoms with Gasteiger partial charge in [-0.1, -0.05) is 109 Å². The first-order valence-electron chi connectivity index (χ1n) is 11.1. The highest BCUT2D eigenvalue weighted by molar-refractivity contribution is 6.43. The Morgan fingerprint density at radius 2 is 1.18 bits per heavy atom. The predicted molar refractivity (Wildman–Crippen MR) is 137 cm³/mol. The summed E-state index contributed by atoms with van der Waals surface area (Å²) in [5.74, 6) is 0. The van der Waals surface area contributed by atoms with E-state index in [4.69, 9.17) is 4.99 Å². The SMILES string of the molecule is FB(F)n1c(/C=C2\N=C(c3ccccc3)c3ccccc32)c2ccccc2c1-c1ccccc1. The summed E-state index contributed by atoms with van der Waals surface area (Å²) in [5.41, 5.74) is 6.19. The van der Waals surface area contributed by atoms with Gasteiger partial charge in [0, 0.05) is 38.9 Å². The summed E-state index contributed by atoms with van der Waals surface area (Å²) < 4.78 is 30.4. The van der Waals surface area contributed by atoms with E-state index in [0.717, 1.165) is 43.2 Å². The van der Waals surface area contributed by atoms with Crippen molar-refractivity contribution in [1.82, 2.24) is 4.48 Å². The van der Waals surface area contributed by atoms with Gasteiger partial charge in [0.1, 0.15) is 0 Å². The fourth-order valence-electron chi connectivity index (χ4n) is 4.74. The lowest BCUT2D eigenvalue weighted by atomic mass is 9.99. The molecule has 0 atom stereocenters. The molecule has 2 heterocycles. The molecule has 0 aliphatic carbocycles. The number of fused-ring (bicyclic) bond motifs is 2. The van der Waals surface area contributed by atoms with Crippen LogP contribution in [0.5, 0.6) is 0 Å². The topological polar surface area (TPSA) is 17.3 Å². The van der Waals surface area contributed by atoms with Crippen LogP contribution in [0, 0.1) is 0 Å². The van der Waals surface area contributed by atoms with Gasteiger partial charge in [-0.15, -0.1) is 0 Å². The number of aliphatic imine (C=N–C) groups is 1. The maximum Gasteiger partial charge on any atom is 0.678 e. The molecule has 0 N–H and O–H groups in total. The zero-order valence-corrected chi connectivity index (χ0v) is 18.2. The van der Waals surface area contributed by atoms with Gasteiger partial charge in [-0.05, 0) is 11.6 Å². The number of hydrogen-bond acceptors (Lipinski definition) is 1. The Bertz CT molecular complexity index is 1570. The van der Waals surface area contributed by atoms with Crippen LogP contribution in [0.1, 0.15) is 22.4 Å². The number of aromatic nitrogens is 1. The summed E-state index contributed by atoms with van der Waals surface area (Å²) in [6.07, 6.45) is 1.80. The van der Waals surface area contributed by atoms with Crippen molar-refractivity contribution in [1.29, 1.82) is 0 Å². The summed E-state index contributed by atoms with van der Waals surface area (Å²) in [4.78, 5) is 4.93. The number of halogens is 2. The van der Waals surface area contributed by atoms with Gasteiger partial charge in [-0.25, -0.2) is 4.99 Å². The molecule has 1 aromatic heterocycles. The van der Waals surface area contributed by atoms with Crippen LogP contribution >= 0.6 is 0 Å². The number of nitrogens with zero attached hydrogens (tertiary/aromatic N) is 2. The lowest BCUT2D eigenvalue weighted by Crippen LogP contribution is -2.16. The molecule has 0 spiro atoms. The normalized spacial score (nSPS) is 13.8. The minimum Gasteiger partial charge on any atom is -0.324 e. The smallest absolute Gasteiger partial charge is 0.324 e. The highest BCUT2D eigenvalue weighted by Crippen LogP contribution is 2.39. The summed E-state index contributed by atoms with van der Waals surface area (Å²) in [6, 6.07) is 34.8. The second-order valence-electron chi connectivity index (χ2n) is 8.19. The average molecular weight is 444 g/mol. The Kier molecular flexibility index (Phi) is 4.95. The van der Waals surface area contributed by atoms with E-state index in [9.17, 15) is 8.63 Å². The van der Waals surface area contributed by atoms with Crippen molar-refractivity contribution < 1.29 is 8.63 Å². The summed E-state index contributed by atoms with van der Waals surface area (Å²) >= 11 is 0. The van der Waals surface area contributed by atoms with Gasteiger partial charge < -0.3 is 4.48 Å². The second-order valence-corrected chi connectivity index (χ2v) is 8.19. The van der Waals surface area contributed by atoms with Crippen LogP contribution in [0.2, 0.25) is 0 Å². The number of benzene rings is 4. The minimum atomic E-state index is -2.70. The molecular formula is C29H19BF2N2. The molecule has 0 fully saturated rings. The second kappa shape index (κ2) is 8.27. The molecule has 1 aliphatic heterocycles. The van der Waals surface area contributed by atoms with Crippen LogP contribution in [0.15, 0.2) is 114 Å². The van der Waals surface area contributed by atoms with E-state index in [-0.39, 0.29) is 0 Å². The van der Waals surface area contributed by atoms with Crippen molar-refractivity contribution in [3.05, 3.63) is 132 Å². The molecule has 2 nitrogen and oxygen atoms in total. The molecular weight excluding hydrogens is 425 g/mol. The highest BCUT2D eigenvalue weighted by atomic mass is 19.2. The van der Waals surface area contributed by atoms with Crippen molar-refractivity contribution in [3.63, 3.8) is 0 Å². The van der Waals surface area contributed by atoms with Crippen molar-refractivity contribution in [2.24, 2.45) is 4.99 Å². The zero-order chi connectivity index (χ0) is 23.1. The first-order chi connectivity index (χ1) is 16.7. The molecule has 0 radical (unpaired) electrons. The van der Waals surface area contributed by atoms with E-state index < -0.39 is 7.40 Å². The molecule has 1 aliphatic rings. The quantitative estimate of drug-likeness (QED) is 0.257. The number of rotatable bonds is 4. The first kappa shape index (κ1) is 20.4. The van der Waals surface area contributed by atoms with Crippen molar-refractivity contribution in [3.8, 4) is 11.3 Å². The van der Waals surface area contributed by atoms with Crippen LogP contribution in [0.4, 0.5) is 8.63 Å². The van der Waals surface area contributed by atoms with Gasteiger partial charge in [0.05, 0.1) is 11.4 Å². The zero-order valence-electron chi connectivity index (χ0n) is 18.2. The van der Waals surface area contributed by atoms with Gasteiger partial charge in [0.25, 0.3) is 0 Å². The van der Waals surface area contributed by atoms with Gasteiger partial charge >= 0.3 is 7.40 Å². The molecule has 0 saturated carbocycles. The molecule has 4 aromatic carbocycles. The average Bonchev–Trinajstić information content (AvgIpc) is 3.42. The maximum absolute atomic E-state index is 14.6. The molecule has 5 heteroatoms. The summed E-state index contributed by atoms with van der Waals surface area (Å²) in [5, 5.41) is 1.56. The van der Waals surface area contributed by atoms with Crippen LogP contribution in [0.25, 0.3) is 33.8 Å². The van der Waals surface area contributed by atoms with Gasteiger partial charge in [0.2, 0.25) is 0 Å². The third-order valence-electron chi connectivity index (χ3n) is 6.21. The first-order valence-corrected chi connectivity index (χ1v) is 11.1. The van der Waals surface area contributed by atoms with Gasteiger partial charge in [-0.2, -0.15) is 0 Å². The third kappa shape index (κ3) is 3.29. The monoisotopic (exact) mass is 444 g/mol. The van der Waals surface area contributed by atoms with Crippen LogP contribution in [-0.4, -0.2) is 17.6 Å². The Morgan fingerprint density at radius 1 is 0.618 bits per heavy atom. The van der Waals surface area contributed by atoms with Gasteiger partial charge in [0.15, 0.2) is 0 Å². The molecule has 0 bridgehead atoms. The summed E-state index contributed by atoms with van der Waals surface area (Å²) in [7, 11) is -2.70. The van der Waals surface area contributed by atoms with E-state index >= 15 is 0 Å². The lowest BCUT2D eigenvalue weighted by molar-refractivity contribution is 0.631. The highest BCUT2D eigenvalue weighted by Gasteiger charge is 2.29. The largest absolute Gasteiger partial charge is 0.678 e. The Balaban J connectivity index is 1.63. The molecule has 6 rings (SSSR count). The standard InChI is InChI=1S/C29H19BF2N2/c31-30(32)34-27(23-16-8-10-18-25(23)29(34)21-13-5-2-6-14-21)19-26-22-15-7-9-17-24(22)28(33-26)20-11-3-1-4-12-20/h1-19H/b26-19-. The predicted octanol–water partition coefficient (Wildman–Crippen LogP) is 7.43.